The number of nitrogen functional groups attached to an aromatic ring is 1. The number of nitrogens with zero attached hydrogens (tertiary/aromatic N) is 2. The minimum absolute atomic E-state index is 0.227. The molecule has 0 aliphatic carbocycles. The molecule has 0 aliphatic heterocycles. The molecule has 20 heavy (non-hydrogen) atoms. The Morgan fingerprint density at radius 2 is 2.10 bits per heavy atom. The van der Waals surface area contributed by atoms with E-state index in [9.17, 15) is 8.78 Å². The molecule has 1 heterocycles. The summed E-state index contributed by atoms with van der Waals surface area (Å²) in [6.45, 7) is 4.82. The molecule has 0 fully saturated rings. The van der Waals surface area contributed by atoms with Gasteiger partial charge in [-0.15, -0.1) is 0 Å². The number of benzene rings is 1. The quantitative estimate of drug-likeness (QED) is 0.885. The van der Waals surface area contributed by atoms with Gasteiger partial charge in [-0.2, -0.15) is 5.10 Å². The Morgan fingerprint density at radius 3 is 2.75 bits per heavy atom. The van der Waals surface area contributed by atoms with Crippen LogP contribution in [0.3, 0.4) is 0 Å². The molecule has 2 rings (SSSR count). The third kappa shape index (κ3) is 2.89. The van der Waals surface area contributed by atoms with E-state index in [0.717, 1.165) is 24.7 Å². The van der Waals surface area contributed by atoms with Crippen LogP contribution in [0.4, 0.5) is 20.3 Å². The summed E-state index contributed by atoms with van der Waals surface area (Å²) in [4.78, 5) is 0. The molecule has 0 bridgehead atoms. The van der Waals surface area contributed by atoms with Gasteiger partial charge in [0.25, 0.3) is 0 Å². The number of halogens is 2. The lowest BCUT2D eigenvalue weighted by Gasteiger charge is -2.10. The maximum absolute atomic E-state index is 13.6. The third-order valence-corrected chi connectivity index (χ3v) is 3.07. The smallest absolute Gasteiger partial charge is 0.148 e. The van der Waals surface area contributed by atoms with Crippen LogP contribution in [-0.4, -0.2) is 9.78 Å². The summed E-state index contributed by atoms with van der Waals surface area (Å²) in [6.07, 6.45) is 0.917. The number of nitrogens with one attached hydrogen (secondary N) is 1. The number of nitrogens with two attached hydrogens (primary N) is 1. The van der Waals surface area contributed by atoms with Crippen LogP contribution in [0.1, 0.15) is 24.6 Å². The van der Waals surface area contributed by atoms with Crippen LogP contribution in [0.5, 0.6) is 0 Å². The maximum Gasteiger partial charge on any atom is 0.148 e. The van der Waals surface area contributed by atoms with Crippen molar-refractivity contribution >= 4 is 11.5 Å². The second-order valence-corrected chi connectivity index (χ2v) is 4.66. The van der Waals surface area contributed by atoms with Crippen LogP contribution in [0.25, 0.3) is 0 Å². The van der Waals surface area contributed by atoms with Gasteiger partial charge in [-0.1, -0.05) is 13.0 Å². The van der Waals surface area contributed by atoms with Crippen LogP contribution in [0.2, 0.25) is 0 Å². The Bertz CT molecular complexity index is 607. The molecular weight excluding hydrogens is 262 g/mol. The van der Waals surface area contributed by atoms with Crippen LogP contribution in [0.15, 0.2) is 18.2 Å². The molecule has 3 N–H and O–H groups in total. The monoisotopic (exact) mass is 280 g/mol. The number of hydrogen-bond donors (Lipinski definition) is 2. The van der Waals surface area contributed by atoms with Gasteiger partial charge in [0.2, 0.25) is 0 Å². The average Bonchev–Trinajstić information content (AvgIpc) is 2.65. The van der Waals surface area contributed by atoms with Gasteiger partial charge in [0.05, 0.1) is 11.4 Å². The molecule has 0 saturated heterocycles. The summed E-state index contributed by atoms with van der Waals surface area (Å²) in [5.41, 5.74) is 7.64. The Kier molecular flexibility index (Phi) is 4.22. The lowest BCUT2D eigenvalue weighted by molar-refractivity contribution is 0.572. The van der Waals surface area contributed by atoms with E-state index in [-0.39, 0.29) is 6.54 Å². The lowest BCUT2D eigenvalue weighted by atomic mass is 10.2. The van der Waals surface area contributed by atoms with Crippen molar-refractivity contribution in [2.75, 3.05) is 11.1 Å². The van der Waals surface area contributed by atoms with E-state index < -0.39 is 11.6 Å². The Hall–Kier alpha value is -2.11. The van der Waals surface area contributed by atoms with Crippen LogP contribution in [-0.2, 0) is 13.1 Å². The first-order valence-electron chi connectivity index (χ1n) is 6.53. The second kappa shape index (κ2) is 5.90. The van der Waals surface area contributed by atoms with Crippen molar-refractivity contribution in [1.82, 2.24) is 9.78 Å². The highest BCUT2D eigenvalue weighted by molar-refractivity contribution is 5.64. The minimum Gasteiger partial charge on any atom is -0.394 e. The molecule has 1 aromatic carbocycles. The topological polar surface area (TPSA) is 55.9 Å². The van der Waals surface area contributed by atoms with Crippen molar-refractivity contribution in [1.29, 1.82) is 0 Å². The fourth-order valence-electron chi connectivity index (χ4n) is 2.00. The van der Waals surface area contributed by atoms with Crippen molar-refractivity contribution in [2.45, 2.75) is 33.4 Å². The maximum atomic E-state index is 13.6. The van der Waals surface area contributed by atoms with Crippen molar-refractivity contribution in [2.24, 2.45) is 0 Å². The molecular formula is C14H18F2N4. The molecule has 2 aromatic rings. The number of aromatic nitrogens is 2. The first-order chi connectivity index (χ1) is 9.52. The molecule has 1 aromatic heterocycles. The second-order valence-electron chi connectivity index (χ2n) is 4.66. The summed E-state index contributed by atoms with van der Waals surface area (Å²) in [5, 5.41) is 7.40. The first-order valence-corrected chi connectivity index (χ1v) is 6.53. The highest BCUT2D eigenvalue weighted by Gasteiger charge is 2.12. The summed E-state index contributed by atoms with van der Waals surface area (Å²) >= 11 is 0. The predicted molar refractivity (Wildman–Crippen MR) is 75.4 cm³/mol. The van der Waals surface area contributed by atoms with E-state index in [2.05, 4.69) is 10.4 Å². The van der Waals surface area contributed by atoms with Crippen molar-refractivity contribution in [3.8, 4) is 0 Å². The third-order valence-electron chi connectivity index (χ3n) is 3.07. The molecule has 108 valence electrons. The van der Waals surface area contributed by atoms with Gasteiger partial charge in [-0.3, -0.25) is 0 Å². The minimum atomic E-state index is -0.586. The highest BCUT2D eigenvalue weighted by Crippen LogP contribution is 2.23. The lowest BCUT2D eigenvalue weighted by Crippen LogP contribution is -2.10. The fraction of sp³-hybridized carbons (Fsp3) is 0.357. The van der Waals surface area contributed by atoms with Gasteiger partial charge in [0.1, 0.15) is 17.5 Å². The Balaban J connectivity index is 2.18. The molecule has 0 aliphatic rings. The number of anilines is 2. The molecule has 4 nitrogen and oxygen atoms in total. The van der Waals surface area contributed by atoms with E-state index in [0.29, 0.717) is 17.1 Å². The Morgan fingerprint density at radius 1 is 1.35 bits per heavy atom. The first kappa shape index (κ1) is 14.3. The SMILES string of the molecule is CCCn1nc(C)c(N)c1NCc1ccc(F)cc1F. The van der Waals surface area contributed by atoms with Gasteiger partial charge in [0, 0.05) is 24.7 Å². The zero-order valence-corrected chi connectivity index (χ0v) is 11.6. The molecule has 0 radical (unpaired) electrons. The van der Waals surface area contributed by atoms with Crippen molar-refractivity contribution in [3.63, 3.8) is 0 Å². The number of hydrogen-bond acceptors (Lipinski definition) is 3. The summed E-state index contributed by atoms with van der Waals surface area (Å²) in [6, 6.07) is 3.52. The van der Waals surface area contributed by atoms with Crippen LogP contribution < -0.4 is 11.1 Å². The Labute approximate surface area is 116 Å². The molecule has 0 saturated carbocycles. The zero-order chi connectivity index (χ0) is 14.7. The van der Waals surface area contributed by atoms with Gasteiger partial charge < -0.3 is 11.1 Å². The van der Waals surface area contributed by atoms with E-state index in [1.165, 1.54) is 12.1 Å². The van der Waals surface area contributed by atoms with Gasteiger partial charge in [0.15, 0.2) is 0 Å². The van der Waals surface area contributed by atoms with Gasteiger partial charge >= 0.3 is 0 Å². The predicted octanol–water partition coefficient (Wildman–Crippen LogP) is 3.07. The zero-order valence-electron chi connectivity index (χ0n) is 11.6. The molecule has 6 heteroatoms. The average molecular weight is 280 g/mol. The van der Waals surface area contributed by atoms with Crippen LogP contribution >= 0.6 is 0 Å². The van der Waals surface area contributed by atoms with E-state index >= 15 is 0 Å². The molecule has 0 spiro atoms. The summed E-state index contributed by atoms with van der Waals surface area (Å²) < 4.78 is 28.2. The number of aryl methyl sites for hydroxylation is 2. The van der Waals surface area contributed by atoms with E-state index in [1.807, 2.05) is 13.8 Å². The summed E-state index contributed by atoms with van der Waals surface area (Å²) in [5.74, 6) is -0.486. The van der Waals surface area contributed by atoms with E-state index in [4.69, 9.17) is 5.73 Å². The van der Waals surface area contributed by atoms with Crippen molar-refractivity contribution in [3.05, 3.63) is 41.1 Å². The molecule has 0 unspecified atom stereocenters. The summed E-state index contributed by atoms with van der Waals surface area (Å²) in [7, 11) is 0. The largest absolute Gasteiger partial charge is 0.394 e. The fourth-order valence-corrected chi connectivity index (χ4v) is 2.00. The molecule has 0 amide bonds. The number of rotatable bonds is 5. The standard InChI is InChI=1S/C14H18F2N4/c1-3-6-20-14(13(17)9(2)19-20)18-8-10-4-5-11(15)7-12(10)16/h4-5,7,18H,3,6,8,17H2,1-2H3. The highest BCUT2D eigenvalue weighted by atomic mass is 19.1. The van der Waals surface area contributed by atoms with Crippen molar-refractivity contribution < 1.29 is 8.78 Å². The van der Waals surface area contributed by atoms with E-state index in [1.54, 1.807) is 4.68 Å². The van der Waals surface area contributed by atoms with Gasteiger partial charge in [-0.05, 0) is 19.4 Å². The van der Waals surface area contributed by atoms with Crippen LogP contribution in [0, 0.1) is 18.6 Å². The molecule has 0 atom stereocenters. The van der Waals surface area contributed by atoms with Gasteiger partial charge in [-0.25, -0.2) is 13.5 Å². The normalized spacial score (nSPS) is 10.8.